The van der Waals surface area contributed by atoms with Crippen LogP contribution < -0.4 is 10.3 Å². The number of benzene rings is 1. The van der Waals surface area contributed by atoms with E-state index in [9.17, 15) is 13.2 Å². The van der Waals surface area contributed by atoms with Gasteiger partial charge in [0.15, 0.2) is 15.4 Å². The molecule has 0 bridgehead atoms. The van der Waals surface area contributed by atoms with Crippen molar-refractivity contribution in [2.45, 2.75) is 70.4 Å². The summed E-state index contributed by atoms with van der Waals surface area (Å²) >= 11 is 0. The fourth-order valence-electron chi connectivity index (χ4n) is 4.62. The van der Waals surface area contributed by atoms with Crippen molar-refractivity contribution in [1.82, 2.24) is 24.6 Å². The predicted molar refractivity (Wildman–Crippen MR) is 137 cm³/mol. The van der Waals surface area contributed by atoms with E-state index >= 15 is 0 Å². The minimum absolute atomic E-state index is 0.0202. The van der Waals surface area contributed by atoms with Gasteiger partial charge in [0.05, 0.1) is 35.1 Å². The molecule has 9 nitrogen and oxygen atoms in total. The standard InChI is InChI=1S/C25H35N5O4S/c1-5-9-20-22-23(30(28-20)16-17-10-8-13-29(17)4)25(31)27-24(26-22)19-15-18(35(32,33)7-3)11-12-21(19)34-14-6-2/h11-12,15,17H,5-10,13-14,16H2,1-4H3,(H,26,27,31). The van der Waals surface area contributed by atoms with Crippen molar-refractivity contribution < 1.29 is 13.2 Å². The minimum atomic E-state index is -3.45. The van der Waals surface area contributed by atoms with Crippen molar-refractivity contribution in [1.29, 1.82) is 0 Å². The average molecular weight is 502 g/mol. The van der Waals surface area contributed by atoms with Gasteiger partial charge in [-0.2, -0.15) is 5.10 Å². The lowest BCUT2D eigenvalue weighted by Crippen LogP contribution is -2.30. The van der Waals surface area contributed by atoms with Gasteiger partial charge in [0, 0.05) is 6.04 Å². The molecular formula is C25H35N5O4S. The van der Waals surface area contributed by atoms with Crippen LogP contribution in [0.25, 0.3) is 22.4 Å². The molecular weight excluding hydrogens is 466 g/mol. The Labute approximate surface area is 206 Å². The summed E-state index contributed by atoms with van der Waals surface area (Å²) in [6, 6.07) is 5.06. The summed E-state index contributed by atoms with van der Waals surface area (Å²) in [6.07, 6.45) is 4.57. The van der Waals surface area contributed by atoms with Gasteiger partial charge in [-0.1, -0.05) is 27.2 Å². The quantitative estimate of drug-likeness (QED) is 0.453. The molecule has 0 aliphatic carbocycles. The van der Waals surface area contributed by atoms with Crippen LogP contribution >= 0.6 is 0 Å². The molecule has 1 aliphatic rings. The minimum Gasteiger partial charge on any atom is -0.493 e. The molecule has 0 spiro atoms. The van der Waals surface area contributed by atoms with Crippen LogP contribution in [0.4, 0.5) is 0 Å². The number of aromatic amines is 1. The maximum absolute atomic E-state index is 13.4. The first-order chi connectivity index (χ1) is 16.8. The molecule has 35 heavy (non-hydrogen) atoms. The lowest BCUT2D eigenvalue weighted by atomic mass is 10.1. The zero-order chi connectivity index (χ0) is 25.2. The molecule has 1 aliphatic heterocycles. The van der Waals surface area contributed by atoms with Gasteiger partial charge in [-0.05, 0) is 57.5 Å². The summed E-state index contributed by atoms with van der Waals surface area (Å²) in [6.45, 7) is 7.81. The van der Waals surface area contributed by atoms with Gasteiger partial charge in [-0.25, -0.2) is 13.4 Å². The monoisotopic (exact) mass is 501 g/mol. The molecule has 0 amide bonds. The molecule has 1 aromatic carbocycles. The van der Waals surface area contributed by atoms with Gasteiger partial charge in [-0.15, -0.1) is 0 Å². The Bertz CT molecular complexity index is 1360. The molecule has 3 heterocycles. The Morgan fingerprint density at radius 2 is 2.00 bits per heavy atom. The largest absolute Gasteiger partial charge is 0.493 e. The molecule has 190 valence electrons. The van der Waals surface area contributed by atoms with E-state index in [4.69, 9.17) is 14.8 Å². The molecule has 3 aromatic rings. The predicted octanol–water partition coefficient (Wildman–Crippen LogP) is 3.42. The summed E-state index contributed by atoms with van der Waals surface area (Å²) in [7, 11) is -1.34. The third-order valence-corrected chi connectivity index (χ3v) is 8.35. The van der Waals surface area contributed by atoms with Gasteiger partial charge >= 0.3 is 0 Å². The van der Waals surface area contributed by atoms with Crippen molar-refractivity contribution in [3.8, 4) is 17.1 Å². The molecule has 1 fully saturated rings. The van der Waals surface area contributed by atoms with Crippen molar-refractivity contribution in [2.75, 3.05) is 26.0 Å². The molecule has 2 aromatic heterocycles. The van der Waals surface area contributed by atoms with Crippen LogP contribution in [-0.2, 0) is 22.8 Å². The Balaban J connectivity index is 1.87. The molecule has 10 heteroatoms. The Morgan fingerprint density at radius 1 is 1.20 bits per heavy atom. The number of aromatic nitrogens is 4. The van der Waals surface area contributed by atoms with Gasteiger partial charge in [-0.3, -0.25) is 9.48 Å². The van der Waals surface area contributed by atoms with Crippen molar-refractivity contribution in [2.24, 2.45) is 0 Å². The highest BCUT2D eigenvalue weighted by Gasteiger charge is 2.25. The Kier molecular flexibility index (Phi) is 7.61. The summed E-state index contributed by atoms with van der Waals surface area (Å²) in [5.41, 5.74) is 1.98. The summed E-state index contributed by atoms with van der Waals surface area (Å²) in [5, 5.41) is 4.80. The highest BCUT2D eigenvalue weighted by Crippen LogP contribution is 2.32. The van der Waals surface area contributed by atoms with E-state index in [1.54, 1.807) is 29.8 Å². The van der Waals surface area contributed by atoms with Gasteiger partial charge < -0.3 is 14.6 Å². The normalized spacial score (nSPS) is 16.9. The van der Waals surface area contributed by atoms with E-state index in [1.165, 1.54) is 0 Å². The Hall–Kier alpha value is -2.72. The SMILES string of the molecule is CCCOc1ccc(S(=O)(=O)CC)cc1-c1nc2c(CCC)nn(CC3CCCN3C)c2c(=O)[nH]1. The summed E-state index contributed by atoms with van der Waals surface area (Å²) < 4.78 is 32.8. The maximum atomic E-state index is 13.4. The van der Waals surface area contributed by atoms with E-state index in [0.717, 1.165) is 37.9 Å². The number of fused-ring (bicyclic) bond motifs is 1. The summed E-state index contributed by atoms with van der Waals surface area (Å²) in [4.78, 5) is 23.6. The number of rotatable bonds is 10. The first kappa shape index (κ1) is 25.4. The van der Waals surface area contributed by atoms with Crippen molar-refractivity contribution in [3.05, 3.63) is 34.2 Å². The molecule has 0 radical (unpaired) electrons. The number of likely N-dealkylation sites (tertiary alicyclic amines) is 1. The van der Waals surface area contributed by atoms with E-state index in [2.05, 4.69) is 23.9 Å². The van der Waals surface area contributed by atoms with Gasteiger partial charge in [0.2, 0.25) is 0 Å². The summed E-state index contributed by atoms with van der Waals surface area (Å²) in [5.74, 6) is 0.756. The van der Waals surface area contributed by atoms with E-state index < -0.39 is 9.84 Å². The van der Waals surface area contributed by atoms with Crippen LogP contribution in [0.2, 0.25) is 0 Å². The fourth-order valence-corrected chi connectivity index (χ4v) is 5.52. The lowest BCUT2D eigenvalue weighted by molar-refractivity contribution is 0.276. The molecule has 4 rings (SSSR count). The van der Waals surface area contributed by atoms with E-state index in [1.807, 2.05) is 6.92 Å². The number of H-pyrrole nitrogens is 1. The van der Waals surface area contributed by atoms with Crippen LogP contribution in [0, 0.1) is 0 Å². The number of ether oxygens (including phenoxy) is 1. The molecule has 0 saturated carbocycles. The number of nitrogens with one attached hydrogen (secondary N) is 1. The molecule has 1 atom stereocenters. The zero-order valence-electron chi connectivity index (χ0n) is 21.0. The number of aryl methyl sites for hydroxylation is 1. The highest BCUT2D eigenvalue weighted by atomic mass is 32.2. The average Bonchev–Trinajstić information content (AvgIpc) is 3.41. The van der Waals surface area contributed by atoms with Gasteiger partial charge in [0.25, 0.3) is 5.56 Å². The fraction of sp³-hybridized carbons (Fsp3) is 0.560. The number of sulfone groups is 1. The highest BCUT2D eigenvalue weighted by molar-refractivity contribution is 7.91. The molecule has 1 saturated heterocycles. The van der Waals surface area contributed by atoms with Crippen LogP contribution in [0.1, 0.15) is 52.1 Å². The van der Waals surface area contributed by atoms with Crippen LogP contribution in [-0.4, -0.2) is 65.1 Å². The topological polar surface area (TPSA) is 110 Å². The second-order valence-electron chi connectivity index (χ2n) is 9.18. The smallest absolute Gasteiger partial charge is 0.277 e. The number of nitrogens with zero attached hydrogens (tertiary/aromatic N) is 4. The molecule has 1 unspecified atom stereocenters. The van der Waals surface area contributed by atoms with Crippen LogP contribution in [0.5, 0.6) is 5.75 Å². The van der Waals surface area contributed by atoms with Crippen LogP contribution in [0.15, 0.2) is 27.9 Å². The number of likely N-dealkylation sites (N-methyl/N-ethyl adjacent to an activating group) is 1. The third kappa shape index (κ3) is 5.13. The zero-order valence-corrected chi connectivity index (χ0v) is 21.8. The van der Waals surface area contributed by atoms with Crippen molar-refractivity contribution >= 4 is 20.9 Å². The van der Waals surface area contributed by atoms with Crippen LogP contribution in [0.3, 0.4) is 0 Å². The Morgan fingerprint density at radius 3 is 2.66 bits per heavy atom. The second kappa shape index (κ2) is 10.5. The first-order valence-electron chi connectivity index (χ1n) is 12.5. The first-order valence-corrected chi connectivity index (χ1v) is 14.1. The van der Waals surface area contributed by atoms with Gasteiger partial charge in [0.1, 0.15) is 17.1 Å². The maximum Gasteiger partial charge on any atom is 0.277 e. The van der Waals surface area contributed by atoms with E-state index in [0.29, 0.717) is 48.0 Å². The van der Waals surface area contributed by atoms with E-state index in [-0.39, 0.29) is 22.0 Å². The lowest BCUT2D eigenvalue weighted by Gasteiger charge is -2.19. The van der Waals surface area contributed by atoms with Crippen molar-refractivity contribution in [3.63, 3.8) is 0 Å². The molecule has 1 N–H and O–H groups in total. The number of hydrogen-bond donors (Lipinski definition) is 1. The number of hydrogen-bond acceptors (Lipinski definition) is 7. The second-order valence-corrected chi connectivity index (χ2v) is 11.5. The third-order valence-electron chi connectivity index (χ3n) is 6.62.